The van der Waals surface area contributed by atoms with Crippen LogP contribution >= 0.6 is 23.2 Å². The van der Waals surface area contributed by atoms with Crippen LogP contribution in [0.3, 0.4) is 0 Å². The average Bonchev–Trinajstić information content (AvgIpc) is 2.57. The van der Waals surface area contributed by atoms with Gasteiger partial charge in [0, 0.05) is 17.8 Å². The number of rotatable bonds is 8. The summed E-state index contributed by atoms with van der Waals surface area (Å²) >= 11 is 11.9. The summed E-state index contributed by atoms with van der Waals surface area (Å²) in [5.74, 6) is 0.387. The van der Waals surface area contributed by atoms with Gasteiger partial charge >= 0.3 is 0 Å². The zero-order valence-electron chi connectivity index (χ0n) is 14.9. The van der Waals surface area contributed by atoms with E-state index in [0.29, 0.717) is 23.9 Å². The number of ether oxygens (including phenoxy) is 1. The summed E-state index contributed by atoms with van der Waals surface area (Å²) in [6, 6.07) is 11.2. The van der Waals surface area contributed by atoms with Crippen molar-refractivity contribution in [3.8, 4) is 5.75 Å². The van der Waals surface area contributed by atoms with Crippen LogP contribution in [0.2, 0.25) is 10.0 Å². The number of halogens is 2. The molecule has 0 radical (unpaired) electrons. The number of anilines is 1. The van der Waals surface area contributed by atoms with E-state index in [2.05, 4.69) is 5.32 Å². The molecule has 0 unspecified atom stereocenters. The Balaban J connectivity index is 1.85. The smallest absolute Gasteiger partial charge is 0.238 e. The van der Waals surface area contributed by atoms with Crippen LogP contribution in [0.15, 0.2) is 47.4 Å². The van der Waals surface area contributed by atoms with Crippen LogP contribution in [0.25, 0.3) is 0 Å². The topological polar surface area (TPSA) is 75.7 Å². The number of hydrogen-bond donors (Lipinski definition) is 1. The van der Waals surface area contributed by atoms with E-state index in [1.54, 1.807) is 36.2 Å². The molecule has 2 rings (SSSR count). The number of benzene rings is 2. The Labute approximate surface area is 168 Å². The zero-order chi connectivity index (χ0) is 20.0. The van der Waals surface area contributed by atoms with Gasteiger partial charge in [-0.25, -0.2) is 8.42 Å². The van der Waals surface area contributed by atoms with E-state index in [1.165, 1.54) is 18.2 Å². The van der Waals surface area contributed by atoms with Gasteiger partial charge in [-0.3, -0.25) is 9.69 Å². The fourth-order valence-electron chi connectivity index (χ4n) is 2.19. The zero-order valence-corrected chi connectivity index (χ0v) is 17.2. The molecule has 1 amide bonds. The van der Waals surface area contributed by atoms with Gasteiger partial charge < -0.3 is 10.1 Å². The van der Waals surface area contributed by atoms with E-state index in [9.17, 15) is 13.2 Å². The summed E-state index contributed by atoms with van der Waals surface area (Å²) < 4.78 is 28.8. The van der Waals surface area contributed by atoms with Crippen LogP contribution in [0.5, 0.6) is 5.75 Å². The maximum absolute atomic E-state index is 12.2. The van der Waals surface area contributed by atoms with Gasteiger partial charge in [0.2, 0.25) is 5.91 Å². The Morgan fingerprint density at radius 1 is 1.15 bits per heavy atom. The van der Waals surface area contributed by atoms with Gasteiger partial charge in [-0.2, -0.15) is 0 Å². The summed E-state index contributed by atoms with van der Waals surface area (Å²) in [5.41, 5.74) is 0.260. The highest BCUT2D eigenvalue weighted by Crippen LogP contribution is 2.25. The number of nitrogens with one attached hydrogen (secondary N) is 1. The first-order valence-electron chi connectivity index (χ1n) is 8.01. The summed E-state index contributed by atoms with van der Waals surface area (Å²) in [7, 11) is -1.61. The molecule has 146 valence electrons. The Bertz CT molecular complexity index is 902. The van der Waals surface area contributed by atoms with Gasteiger partial charge in [-0.05, 0) is 49.5 Å². The second-order valence-electron chi connectivity index (χ2n) is 6.00. The average molecular weight is 431 g/mol. The number of amides is 1. The second-order valence-corrected chi connectivity index (χ2v) is 8.86. The first-order chi connectivity index (χ1) is 12.6. The van der Waals surface area contributed by atoms with Crippen molar-refractivity contribution in [2.45, 2.75) is 4.90 Å². The van der Waals surface area contributed by atoms with Crippen molar-refractivity contribution in [2.24, 2.45) is 0 Å². The van der Waals surface area contributed by atoms with E-state index in [1.807, 2.05) is 0 Å². The Hall–Kier alpha value is -1.80. The predicted octanol–water partition coefficient (Wildman–Crippen LogP) is 3.35. The molecule has 0 aliphatic carbocycles. The van der Waals surface area contributed by atoms with Crippen LogP contribution in [-0.2, 0) is 14.6 Å². The van der Waals surface area contributed by atoms with Crippen LogP contribution in [-0.4, -0.2) is 52.2 Å². The molecular formula is C18H20Cl2N2O4S. The normalized spacial score (nSPS) is 11.4. The molecule has 0 aliphatic heterocycles. The van der Waals surface area contributed by atoms with Crippen molar-refractivity contribution in [3.63, 3.8) is 0 Å². The molecule has 0 spiro atoms. The summed E-state index contributed by atoms with van der Waals surface area (Å²) in [4.78, 5) is 14.1. The highest BCUT2D eigenvalue weighted by atomic mass is 35.5. The van der Waals surface area contributed by atoms with Crippen molar-refractivity contribution < 1.29 is 17.9 Å². The standard InChI is InChI=1S/C18H20Cl2N2O4S/c1-22(9-10-26-14-5-3-13(19)4-6-14)12-18(23)21-17-11-15(27(2,24)25)7-8-16(17)20/h3-8,11H,9-10,12H2,1-2H3,(H,21,23). The molecule has 0 aromatic heterocycles. The quantitative estimate of drug-likeness (QED) is 0.694. The third kappa shape index (κ3) is 7.03. The van der Waals surface area contributed by atoms with E-state index in [0.717, 1.165) is 6.26 Å². The Kier molecular flexibility index (Phi) is 7.49. The molecule has 2 aromatic carbocycles. The molecule has 1 N–H and O–H groups in total. The molecule has 0 saturated heterocycles. The monoisotopic (exact) mass is 430 g/mol. The van der Waals surface area contributed by atoms with E-state index < -0.39 is 9.84 Å². The molecule has 6 nitrogen and oxygen atoms in total. The van der Waals surface area contributed by atoms with Crippen molar-refractivity contribution in [2.75, 3.05) is 38.3 Å². The largest absolute Gasteiger partial charge is 0.492 e. The Morgan fingerprint density at radius 2 is 1.81 bits per heavy atom. The minimum Gasteiger partial charge on any atom is -0.492 e. The minimum absolute atomic E-state index is 0.0897. The Morgan fingerprint density at radius 3 is 2.44 bits per heavy atom. The lowest BCUT2D eigenvalue weighted by molar-refractivity contribution is -0.117. The van der Waals surface area contributed by atoms with Gasteiger partial charge in [0.05, 0.1) is 22.2 Å². The number of sulfone groups is 1. The van der Waals surface area contributed by atoms with Gasteiger partial charge in [-0.15, -0.1) is 0 Å². The van der Waals surface area contributed by atoms with Gasteiger partial charge in [0.1, 0.15) is 12.4 Å². The van der Waals surface area contributed by atoms with Crippen LogP contribution < -0.4 is 10.1 Å². The predicted molar refractivity (Wildman–Crippen MR) is 108 cm³/mol. The molecule has 0 heterocycles. The number of carbonyl (C=O) groups is 1. The molecule has 9 heteroatoms. The molecule has 0 fully saturated rings. The van der Waals surface area contributed by atoms with Crippen LogP contribution in [0.4, 0.5) is 5.69 Å². The second kappa shape index (κ2) is 9.41. The molecule has 0 bridgehead atoms. The van der Waals surface area contributed by atoms with E-state index in [-0.39, 0.29) is 28.1 Å². The maximum Gasteiger partial charge on any atom is 0.238 e. The van der Waals surface area contributed by atoms with Gasteiger partial charge in [-0.1, -0.05) is 23.2 Å². The SMILES string of the molecule is CN(CCOc1ccc(Cl)cc1)CC(=O)Nc1cc(S(C)(=O)=O)ccc1Cl. The minimum atomic E-state index is -3.39. The van der Waals surface area contributed by atoms with Crippen molar-refractivity contribution >= 4 is 44.6 Å². The van der Waals surface area contributed by atoms with Gasteiger partial charge in [0.15, 0.2) is 9.84 Å². The van der Waals surface area contributed by atoms with Crippen molar-refractivity contribution in [3.05, 3.63) is 52.5 Å². The number of hydrogen-bond acceptors (Lipinski definition) is 5. The molecular weight excluding hydrogens is 411 g/mol. The lowest BCUT2D eigenvalue weighted by Gasteiger charge is -2.17. The third-order valence-electron chi connectivity index (χ3n) is 3.61. The van der Waals surface area contributed by atoms with Crippen molar-refractivity contribution in [1.29, 1.82) is 0 Å². The lowest BCUT2D eigenvalue weighted by atomic mass is 10.3. The van der Waals surface area contributed by atoms with Gasteiger partial charge in [0.25, 0.3) is 0 Å². The fourth-order valence-corrected chi connectivity index (χ4v) is 3.13. The van der Waals surface area contributed by atoms with Crippen LogP contribution in [0.1, 0.15) is 0 Å². The number of likely N-dealkylation sites (N-methyl/N-ethyl adjacent to an activating group) is 1. The molecule has 27 heavy (non-hydrogen) atoms. The maximum atomic E-state index is 12.2. The van der Waals surface area contributed by atoms with E-state index >= 15 is 0 Å². The highest BCUT2D eigenvalue weighted by molar-refractivity contribution is 7.90. The summed E-state index contributed by atoms with van der Waals surface area (Å²) in [6.07, 6.45) is 1.09. The van der Waals surface area contributed by atoms with Crippen molar-refractivity contribution in [1.82, 2.24) is 4.90 Å². The first kappa shape index (κ1) is 21.5. The molecule has 0 saturated carbocycles. The molecule has 0 aliphatic rings. The molecule has 2 aromatic rings. The van der Waals surface area contributed by atoms with Crippen LogP contribution in [0, 0.1) is 0 Å². The lowest BCUT2D eigenvalue weighted by Crippen LogP contribution is -2.33. The first-order valence-corrected chi connectivity index (χ1v) is 10.7. The number of carbonyl (C=O) groups excluding carboxylic acids is 1. The summed E-state index contributed by atoms with van der Waals surface area (Å²) in [6.45, 7) is 1.02. The fraction of sp³-hybridized carbons (Fsp3) is 0.278. The molecule has 0 atom stereocenters. The number of nitrogens with zero attached hydrogens (tertiary/aromatic N) is 1. The van der Waals surface area contributed by atoms with E-state index in [4.69, 9.17) is 27.9 Å². The third-order valence-corrected chi connectivity index (χ3v) is 5.30. The summed E-state index contributed by atoms with van der Waals surface area (Å²) in [5, 5.41) is 3.54. The highest BCUT2D eigenvalue weighted by Gasteiger charge is 2.13.